The van der Waals surface area contributed by atoms with Crippen molar-refractivity contribution in [2.45, 2.75) is 25.7 Å². The van der Waals surface area contributed by atoms with Crippen molar-refractivity contribution >= 4 is 22.5 Å². The molecule has 0 amide bonds. The van der Waals surface area contributed by atoms with Gasteiger partial charge in [0.1, 0.15) is 0 Å². The summed E-state index contributed by atoms with van der Waals surface area (Å²) in [6, 6.07) is 8.17. The van der Waals surface area contributed by atoms with Crippen LogP contribution in [0.3, 0.4) is 0 Å². The maximum Gasteiger partial charge on any atom is 0.0706 e. The molecule has 0 atom stereocenters. The van der Waals surface area contributed by atoms with Crippen LogP contribution in [-0.2, 0) is 12.8 Å². The summed E-state index contributed by atoms with van der Waals surface area (Å²) in [5, 5.41) is 1.96. The van der Waals surface area contributed by atoms with Crippen LogP contribution in [0.4, 0.5) is 0 Å². The fourth-order valence-electron chi connectivity index (χ4n) is 2.27. The van der Waals surface area contributed by atoms with Crippen molar-refractivity contribution in [3.8, 4) is 0 Å². The van der Waals surface area contributed by atoms with Gasteiger partial charge in [0.2, 0.25) is 0 Å². The van der Waals surface area contributed by atoms with E-state index in [1.807, 2.05) is 18.2 Å². The molecule has 0 unspecified atom stereocenters. The van der Waals surface area contributed by atoms with Gasteiger partial charge >= 0.3 is 0 Å². The maximum atomic E-state index is 5.97. The lowest BCUT2D eigenvalue weighted by Crippen LogP contribution is -2.05. The zero-order valence-corrected chi connectivity index (χ0v) is 9.22. The molecule has 3 rings (SSSR count). The van der Waals surface area contributed by atoms with Crippen LogP contribution in [0.5, 0.6) is 0 Å². The normalized spacial score (nSPS) is 15.3. The molecule has 2 aromatic rings. The second kappa shape index (κ2) is 3.49. The van der Waals surface area contributed by atoms with Crippen LogP contribution in [0.15, 0.2) is 24.3 Å². The van der Waals surface area contributed by atoms with Gasteiger partial charge in [-0.15, -0.1) is 0 Å². The molecular formula is C13H12ClN. The average molecular weight is 218 g/mol. The summed E-state index contributed by atoms with van der Waals surface area (Å²) >= 11 is 5.97. The standard InChI is InChI=1S/C13H12ClN/c14-11-5-6-13-10(8-11)7-9-3-1-2-4-12(9)15-13/h5-8H,1-4H2. The highest BCUT2D eigenvalue weighted by Gasteiger charge is 2.11. The zero-order valence-electron chi connectivity index (χ0n) is 8.46. The van der Waals surface area contributed by atoms with Crippen molar-refractivity contribution < 1.29 is 0 Å². The highest BCUT2D eigenvalue weighted by molar-refractivity contribution is 6.31. The van der Waals surface area contributed by atoms with E-state index in [1.165, 1.54) is 35.9 Å². The summed E-state index contributed by atoms with van der Waals surface area (Å²) in [4.78, 5) is 4.70. The number of halogens is 1. The van der Waals surface area contributed by atoms with Crippen molar-refractivity contribution in [3.63, 3.8) is 0 Å². The first kappa shape index (κ1) is 9.17. The predicted molar refractivity (Wildman–Crippen MR) is 63.4 cm³/mol. The molecule has 0 bridgehead atoms. The molecule has 1 aliphatic rings. The molecule has 0 saturated heterocycles. The van der Waals surface area contributed by atoms with Gasteiger partial charge in [0.05, 0.1) is 5.52 Å². The van der Waals surface area contributed by atoms with Gasteiger partial charge in [0.25, 0.3) is 0 Å². The molecule has 15 heavy (non-hydrogen) atoms. The fourth-order valence-corrected chi connectivity index (χ4v) is 2.45. The minimum absolute atomic E-state index is 0.792. The quantitative estimate of drug-likeness (QED) is 0.655. The minimum Gasteiger partial charge on any atom is -0.253 e. The number of aromatic nitrogens is 1. The molecule has 1 aromatic heterocycles. The summed E-state index contributed by atoms with van der Waals surface area (Å²) in [5.74, 6) is 0. The third-order valence-corrected chi connectivity index (χ3v) is 3.29. The van der Waals surface area contributed by atoms with Gasteiger partial charge in [-0.3, -0.25) is 4.98 Å². The number of hydrogen-bond acceptors (Lipinski definition) is 1. The van der Waals surface area contributed by atoms with Crippen molar-refractivity contribution in [3.05, 3.63) is 40.5 Å². The van der Waals surface area contributed by atoms with E-state index in [4.69, 9.17) is 16.6 Å². The number of nitrogens with zero attached hydrogens (tertiary/aromatic N) is 1. The molecule has 0 fully saturated rings. The molecule has 1 aliphatic carbocycles. The van der Waals surface area contributed by atoms with E-state index < -0.39 is 0 Å². The van der Waals surface area contributed by atoms with Gasteiger partial charge in [-0.25, -0.2) is 0 Å². The van der Waals surface area contributed by atoms with E-state index in [1.54, 1.807) is 0 Å². The minimum atomic E-state index is 0.792. The Hall–Kier alpha value is -1.08. The lowest BCUT2D eigenvalue weighted by molar-refractivity contribution is 0.671. The first-order chi connectivity index (χ1) is 7.33. The number of aryl methyl sites for hydroxylation is 2. The van der Waals surface area contributed by atoms with Crippen LogP contribution in [0.2, 0.25) is 5.02 Å². The number of benzene rings is 1. The van der Waals surface area contributed by atoms with E-state index in [-0.39, 0.29) is 0 Å². The first-order valence-corrected chi connectivity index (χ1v) is 5.79. The molecule has 0 N–H and O–H groups in total. The van der Waals surface area contributed by atoms with Crippen molar-refractivity contribution in [2.24, 2.45) is 0 Å². The van der Waals surface area contributed by atoms with Crippen molar-refractivity contribution in [1.29, 1.82) is 0 Å². The Morgan fingerprint density at radius 2 is 1.93 bits per heavy atom. The van der Waals surface area contributed by atoms with Crippen LogP contribution in [0, 0.1) is 0 Å². The molecule has 1 nitrogen and oxygen atoms in total. The van der Waals surface area contributed by atoms with Gasteiger partial charge in [0.15, 0.2) is 0 Å². The molecule has 0 radical (unpaired) electrons. The topological polar surface area (TPSA) is 12.9 Å². The zero-order chi connectivity index (χ0) is 10.3. The fraction of sp³-hybridized carbons (Fsp3) is 0.308. The van der Waals surface area contributed by atoms with Gasteiger partial charge in [-0.2, -0.15) is 0 Å². The largest absolute Gasteiger partial charge is 0.253 e. The lowest BCUT2D eigenvalue weighted by atomic mass is 9.95. The highest BCUT2D eigenvalue weighted by Crippen LogP contribution is 2.25. The maximum absolute atomic E-state index is 5.97. The predicted octanol–water partition coefficient (Wildman–Crippen LogP) is 3.77. The molecule has 1 heterocycles. The van der Waals surface area contributed by atoms with E-state index in [0.29, 0.717) is 0 Å². The molecular weight excluding hydrogens is 206 g/mol. The van der Waals surface area contributed by atoms with Crippen LogP contribution in [-0.4, -0.2) is 4.98 Å². The SMILES string of the molecule is Clc1ccc2nc3c(cc2c1)CCCC3. The van der Waals surface area contributed by atoms with Gasteiger partial charge in [0, 0.05) is 16.1 Å². The number of rotatable bonds is 0. The Balaban J connectivity index is 2.26. The first-order valence-electron chi connectivity index (χ1n) is 5.41. The lowest BCUT2D eigenvalue weighted by Gasteiger charge is -2.15. The smallest absolute Gasteiger partial charge is 0.0706 e. The van der Waals surface area contributed by atoms with Crippen molar-refractivity contribution in [1.82, 2.24) is 4.98 Å². The summed E-state index contributed by atoms with van der Waals surface area (Å²) in [6.45, 7) is 0. The van der Waals surface area contributed by atoms with Gasteiger partial charge in [-0.1, -0.05) is 11.6 Å². The Labute approximate surface area is 94.1 Å². The number of pyridine rings is 1. The molecule has 0 aliphatic heterocycles. The summed E-state index contributed by atoms with van der Waals surface area (Å²) in [7, 11) is 0. The van der Waals surface area contributed by atoms with Crippen LogP contribution >= 0.6 is 11.6 Å². The number of hydrogen-bond donors (Lipinski definition) is 0. The summed E-state index contributed by atoms with van der Waals surface area (Å²) < 4.78 is 0. The van der Waals surface area contributed by atoms with Crippen LogP contribution in [0.1, 0.15) is 24.1 Å². The molecule has 76 valence electrons. The monoisotopic (exact) mass is 217 g/mol. The third-order valence-electron chi connectivity index (χ3n) is 3.06. The van der Waals surface area contributed by atoms with Crippen molar-refractivity contribution in [2.75, 3.05) is 0 Å². The second-order valence-electron chi connectivity index (χ2n) is 4.14. The highest BCUT2D eigenvalue weighted by atomic mass is 35.5. The Morgan fingerprint density at radius 1 is 1.07 bits per heavy atom. The van der Waals surface area contributed by atoms with Crippen LogP contribution in [0.25, 0.3) is 10.9 Å². The molecule has 0 spiro atoms. The molecule has 2 heteroatoms. The summed E-state index contributed by atoms with van der Waals surface area (Å²) in [5.41, 5.74) is 3.77. The van der Waals surface area contributed by atoms with E-state index >= 15 is 0 Å². The molecule has 0 saturated carbocycles. The van der Waals surface area contributed by atoms with Crippen LogP contribution < -0.4 is 0 Å². The molecule has 1 aromatic carbocycles. The average Bonchev–Trinajstić information content (AvgIpc) is 2.26. The second-order valence-corrected chi connectivity index (χ2v) is 4.57. The van der Waals surface area contributed by atoms with Gasteiger partial charge in [-0.05, 0) is 55.5 Å². The van der Waals surface area contributed by atoms with E-state index in [0.717, 1.165) is 17.0 Å². The van der Waals surface area contributed by atoms with E-state index in [2.05, 4.69) is 6.07 Å². The third kappa shape index (κ3) is 1.61. The van der Waals surface area contributed by atoms with Gasteiger partial charge < -0.3 is 0 Å². The summed E-state index contributed by atoms with van der Waals surface area (Å²) in [6.07, 6.45) is 4.87. The number of fused-ring (bicyclic) bond motifs is 2. The Bertz CT molecular complexity index is 519. The Morgan fingerprint density at radius 3 is 2.87 bits per heavy atom. The Kier molecular flexibility index (Phi) is 2.14. The van der Waals surface area contributed by atoms with E-state index in [9.17, 15) is 0 Å².